The monoisotopic (exact) mass is 712 g/mol. The molecule has 0 saturated heterocycles. The van der Waals surface area contributed by atoms with E-state index >= 15 is 0 Å². The van der Waals surface area contributed by atoms with Crippen molar-refractivity contribution in [2.24, 2.45) is 0 Å². The van der Waals surface area contributed by atoms with E-state index in [4.69, 9.17) is 18.8 Å². The van der Waals surface area contributed by atoms with Crippen molar-refractivity contribution in [3.8, 4) is 56.2 Å². The van der Waals surface area contributed by atoms with Crippen LogP contribution in [0.25, 0.3) is 100 Å². The molecule has 5 heteroatoms. The third-order valence-electron chi connectivity index (χ3n) is 10.5. The van der Waals surface area contributed by atoms with Gasteiger partial charge in [0.05, 0.1) is 19.5 Å². The zero-order chi connectivity index (χ0) is 36.4. The molecule has 0 aliphatic rings. The molecule has 54 heavy (non-hydrogen) atoms. The number of para-hydroxylation sites is 2. The normalized spacial score (nSPS) is 12.0. The van der Waals surface area contributed by atoms with Crippen LogP contribution in [0, 0.1) is 0 Å². The Labute approximate surface area is 314 Å². The summed E-state index contributed by atoms with van der Waals surface area (Å²) in [6, 6.07) is 57.6. The van der Waals surface area contributed by atoms with E-state index in [2.05, 4.69) is 135 Å². The van der Waals surface area contributed by atoms with E-state index in [1.54, 1.807) is 0 Å². The van der Waals surface area contributed by atoms with Crippen LogP contribution in [-0.2, 0) is 0 Å². The fraction of sp³-hybridized carbons (Fsp3) is 0.0612. The van der Waals surface area contributed by atoms with Gasteiger partial charge in [-0.05, 0) is 89.0 Å². The van der Waals surface area contributed by atoms with Crippen molar-refractivity contribution in [2.45, 2.75) is 19.6 Å². The first-order valence-corrected chi connectivity index (χ1v) is 21.9. The molecule has 3 heterocycles. The van der Waals surface area contributed by atoms with E-state index in [-0.39, 0.29) is 0 Å². The second-order valence-corrected chi connectivity index (χ2v) is 20.1. The van der Waals surface area contributed by atoms with Gasteiger partial charge < -0.3 is 8.83 Å². The summed E-state index contributed by atoms with van der Waals surface area (Å²) in [7, 11) is -1.37. The zero-order valence-corrected chi connectivity index (χ0v) is 31.3. The van der Waals surface area contributed by atoms with Gasteiger partial charge in [-0.15, -0.1) is 0 Å². The van der Waals surface area contributed by atoms with Gasteiger partial charge in [-0.1, -0.05) is 122 Å². The number of rotatable bonds is 6. The van der Waals surface area contributed by atoms with Gasteiger partial charge >= 0.3 is 0 Å². The average Bonchev–Trinajstić information content (AvgIpc) is 3.78. The van der Waals surface area contributed by atoms with Crippen molar-refractivity contribution in [2.75, 3.05) is 0 Å². The molecule has 0 atom stereocenters. The average molecular weight is 713 g/mol. The molecule has 0 fully saturated rings. The molecule has 0 aliphatic carbocycles. The van der Waals surface area contributed by atoms with Crippen LogP contribution in [0.15, 0.2) is 173 Å². The van der Waals surface area contributed by atoms with Crippen LogP contribution >= 0.6 is 0 Å². The van der Waals surface area contributed by atoms with Gasteiger partial charge in [-0.3, -0.25) is 0 Å². The van der Waals surface area contributed by atoms with Crippen LogP contribution < -0.4 is 5.19 Å². The lowest BCUT2D eigenvalue weighted by Gasteiger charge is -2.17. The third-order valence-corrected chi connectivity index (χ3v) is 12.5. The minimum Gasteiger partial charge on any atom is -0.456 e. The van der Waals surface area contributed by atoms with Crippen molar-refractivity contribution in [3.63, 3.8) is 0 Å². The number of hydrogen-bond acceptors (Lipinski definition) is 4. The molecule has 0 radical (unpaired) electrons. The smallest absolute Gasteiger partial charge is 0.160 e. The maximum Gasteiger partial charge on any atom is 0.160 e. The van der Waals surface area contributed by atoms with E-state index in [0.717, 1.165) is 83.1 Å². The van der Waals surface area contributed by atoms with E-state index < -0.39 is 8.07 Å². The van der Waals surface area contributed by atoms with Crippen molar-refractivity contribution in [3.05, 3.63) is 164 Å². The standard InChI is InChI=1S/C49H36N2O2Si/c1-54(2,3)38-22-18-31(19-23-38)32-10-8-11-33(26-32)34-12-9-13-35(27-34)43-30-44(36-20-24-47-41(28-36)39-14-4-6-16-45(39)52-47)51-49(50-43)37-21-25-48-42(29-37)40-15-5-7-17-46(40)53-48/h4-30H,1-3H3. The Bertz CT molecular complexity index is 2910. The highest BCUT2D eigenvalue weighted by Crippen LogP contribution is 2.37. The molecule has 10 rings (SSSR count). The van der Waals surface area contributed by atoms with Gasteiger partial charge in [-0.2, -0.15) is 0 Å². The van der Waals surface area contributed by atoms with Gasteiger partial charge in [0.15, 0.2) is 5.82 Å². The summed E-state index contributed by atoms with van der Waals surface area (Å²) < 4.78 is 12.3. The molecule has 0 spiro atoms. The summed E-state index contributed by atoms with van der Waals surface area (Å²) in [5, 5.41) is 5.73. The number of furan rings is 2. The number of hydrogen-bond donors (Lipinski definition) is 0. The minimum atomic E-state index is -1.37. The van der Waals surface area contributed by atoms with Crippen LogP contribution in [0.5, 0.6) is 0 Å². The lowest BCUT2D eigenvalue weighted by atomic mass is 9.97. The highest BCUT2D eigenvalue weighted by Gasteiger charge is 2.17. The van der Waals surface area contributed by atoms with Crippen molar-refractivity contribution >= 4 is 57.1 Å². The van der Waals surface area contributed by atoms with Crippen LogP contribution in [0.2, 0.25) is 19.6 Å². The van der Waals surface area contributed by atoms with Crippen molar-refractivity contribution in [1.29, 1.82) is 0 Å². The largest absolute Gasteiger partial charge is 0.456 e. The summed E-state index contributed by atoms with van der Waals surface area (Å²) in [6.07, 6.45) is 0. The fourth-order valence-electron chi connectivity index (χ4n) is 7.52. The SMILES string of the molecule is C[Si](C)(C)c1ccc(-c2cccc(-c3cccc(-c4cc(-c5ccc6oc7ccccc7c6c5)nc(-c5ccc6oc7ccccc7c6c5)n4)c3)c2)cc1. The first-order valence-electron chi connectivity index (χ1n) is 18.4. The molecule has 0 amide bonds. The van der Waals surface area contributed by atoms with Gasteiger partial charge in [0.1, 0.15) is 22.3 Å². The van der Waals surface area contributed by atoms with E-state index in [9.17, 15) is 0 Å². The van der Waals surface area contributed by atoms with Crippen molar-refractivity contribution in [1.82, 2.24) is 9.97 Å². The van der Waals surface area contributed by atoms with E-state index in [1.807, 2.05) is 48.5 Å². The topological polar surface area (TPSA) is 52.1 Å². The van der Waals surface area contributed by atoms with Crippen LogP contribution in [0.4, 0.5) is 0 Å². The molecular formula is C49H36N2O2Si. The first kappa shape index (κ1) is 32.1. The van der Waals surface area contributed by atoms with E-state index in [1.165, 1.54) is 16.3 Å². The second-order valence-electron chi connectivity index (χ2n) is 15.1. The number of benzene rings is 7. The lowest BCUT2D eigenvalue weighted by molar-refractivity contribution is 0.668. The molecule has 0 N–H and O–H groups in total. The predicted octanol–water partition coefficient (Wildman–Crippen LogP) is 13.2. The summed E-state index contributed by atoms with van der Waals surface area (Å²) in [6.45, 7) is 7.16. The maximum absolute atomic E-state index is 6.17. The van der Waals surface area contributed by atoms with Crippen molar-refractivity contribution < 1.29 is 8.83 Å². The lowest BCUT2D eigenvalue weighted by Crippen LogP contribution is -2.37. The molecular weight excluding hydrogens is 677 g/mol. The van der Waals surface area contributed by atoms with Crippen LogP contribution in [-0.4, -0.2) is 18.0 Å². The van der Waals surface area contributed by atoms with Gasteiger partial charge in [0, 0.05) is 38.2 Å². The molecule has 258 valence electrons. The number of fused-ring (bicyclic) bond motifs is 6. The molecule has 0 aliphatic heterocycles. The number of nitrogens with zero attached hydrogens (tertiary/aromatic N) is 2. The molecule has 10 aromatic rings. The zero-order valence-electron chi connectivity index (χ0n) is 30.3. The molecule has 4 nitrogen and oxygen atoms in total. The maximum atomic E-state index is 6.17. The third kappa shape index (κ3) is 5.70. The van der Waals surface area contributed by atoms with Crippen LogP contribution in [0.1, 0.15) is 0 Å². The first-order chi connectivity index (χ1) is 26.3. The Morgan fingerprint density at radius 3 is 1.39 bits per heavy atom. The second kappa shape index (κ2) is 12.5. The molecule has 3 aromatic heterocycles. The minimum absolute atomic E-state index is 0.654. The summed E-state index contributed by atoms with van der Waals surface area (Å²) in [4.78, 5) is 10.5. The summed E-state index contributed by atoms with van der Waals surface area (Å²) in [5.74, 6) is 0.654. The van der Waals surface area contributed by atoms with E-state index in [0.29, 0.717) is 5.82 Å². The molecule has 7 aromatic carbocycles. The highest BCUT2D eigenvalue weighted by molar-refractivity contribution is 6.88. The Balaban J connectivity index is 1.10. The summed E-state index contributed by atoms with van der Waals surface area (Å²) >= 11 is 0. The quantitative estimate of drug-likeness (QED) is 0.161. The molecule has 0 saturated carbocycles. The fourth-order valence-corrected chi connectivity index (χ4v) is 8.69. The van der Waals surface area contributed by atoms with Gasteiger partial charge in [0.2, 0.25) is 0 Å². The Hall–Kier alpha value is -6.56. The van der Waals surface area contributed by atoms with Gasteiger partial charge in [-0.25, -0.2) is 9.97 Å². The van der Waals surface area contributed by atoms with Gasteiger partial charge in [0.25, 0.3) is 0 Å². The Morgan fingerprint density at radius 2 is 0.796 bits per heavy atom. The molecule has 0 unspecified atom stereocenters. The molecule has 0 bridgehead atoms. The summed E-state index contributed by atoms with van der Waals surface area (Å²) in [5.41, 5.74) is 12.8. The van der Waals surface area contributed by atoms with Crippen LogP contribution in [0.3, 0.4) is 0 Å². The Kier molecular flexibility index (Phi) is 7.46. The number of aromatic nitrogens is 2. The predicted molar refractivity (Wildman–Crippen MR) is 227 cm³/mol. The Morgan fingerprint density at radius 1 is 0.352 bits per heavy atom. The highest BCUT2D eigenvalue weighted by atomic mass is 28.3.